The Labute approximate surface area is 64.2 Å². The standard InChI is InChI=1S/C2H4Cl.BrH.Mg/c1-2-3;;/h1-2H2;1H;/q-1;;+2/p-1. The Bertz CT molecular complexity index is 9.61. The summed E-state index contributed by atoms with van der Waals surface area (Å²) in [6.07, 6.45) is 0. The van der Waals surface area contributed by atoms with Gasteiger partial charge in [-0.3, -0.25) is 0 Å². The summed E-state index contributed by atoms with van der Waals surface area (Å²) in [7, 11) is 0. The molecule has 0 nitrogen and oxygen atoms in total. The molecule has 0 bridgehead atoms. The van der Waals surface area contributed by atoms with E-state index in [-0.39, 0.29) is 40.0 Å². The minimum atomic E-state index is 0. The largest absolute Gasteiger partial charge is 2.00 e. The molecule has 0 spiro atoms. The summed E-state index contributed by atoms with van der Waals surface area (Å²) in [4.78, 5) is 0. The zero-order valence-corrected chi connectivity index (χ0v) is 6.63. The van der Waals surface area contributed by atoms with Gasteiger partial charge in [0.05, 0.1) is 0 Å². The maximum atomic E-state index is 4.89. The van der Waals surface area contributed by atoms with E-state index in [0.29, 0.717) is 5.88 Å². The van der Waals surface area contributed by atoms with Crippen molar-refractivity contribution in [2.75, 3.05) is 5.88 Å². The van der Waals surface area contributed by atoms with Crippen LogP contribution in [0.4, 0.5) is 0 Å². The Morgan fingerprint density at radius 2 is 1.60 bits per heavy atom. The smallest absolute Gasteiger partial charge is 1.00 e. The summed E-state index contributed by atoms with van der Waals surface area (Å²) < 4.78 is 0. The van der Waals surface area contributed by atoms with Gasteiger partial charge in [0.1, 0.15) is 0 Å². The zero-order chi connectivity index (χ0) is 2.71. The second kappa shape index (κ2) is 17.7. The van der Waals surface area contributed by atoms with E-state index in [1.165, 1.54) is 0 Å². The average molecular weight is 168 g/mol. The Morgan fingerprint density at radius 3 is 1.60 bits per heavy atom. The van der Waals surface area contributed by atoms with Crippen LogP contribution in [0, 0.1) is 6.92 Å². The van der Waals surface area contributed by atoms with Crippen LogP contribution in [0.15, 0.2) is 0 Å². The molecule has 0 heterocycles. The molecule has 0 aromatic rings. The first-order valence-corrected chi connectivity index (χ1v) is 1.30. The third kappa shape index (κ3) is 29.3. The molecule has 0 N–H and O–H groups in total. The third-order valence-corrected chi connectivity index (χ3v) is 0. The predicted molar refractivity (Wildman–Crippen MR) is 21.8 cm³/mol. The predicted octanol–water partition coefficient (Wildman–Crippen LogP) is -2.32. The van der Waals surface area contributed by atoms with Crippen LogP contribution in [0.1, 0.15) is 0 Å². The molecule has 0 rings (SSSR count). The summed E-state index contributed by atoms with van der Waals surface area (Å²) in [5.74, 6) is 0.472. The topological polar surface area (TPSA) is 0 Å². The van der Waals surface area contributed by atoms with Crippen molar-refractivity contribution < 1.29 is 17.0 Å². The van der Waals surface area contributed by atoms with Crippen molar-refractivity contribution in [3.05, 3.63) is 6.92 Å². The van der Waals surface area contributed by atoms with Crippen LogP contribution < -0.4 is 17.0 Å². The van der Waals surface area contributed by atoms with Gasteiger partial charge in [-0.1, -0.05) is 0 Å². The Hall–Kier alpha value is 1.54. The van der Waals surface area contributed by atoms with Crippen LogP contribution in [0.5, 0.6) is 0 Å². The first-order chi connectivity index (χ1) is 1.41. The molecule has 0 atom stereocenters. The van der Waals surface area contributed by atoms with Crippen LogP contribution in [-0.2, 0) is 0 Å². The summed E-state index contributed by atoms with van der Waals surface area (Å²) in [5.41, 5.74) is 0. The normalized spacial score (nSPS) is 3.60. The Morgan fingerprint density at radius 1 is 1.60 bits per heavy atom. The van der Waals surface area contributed by atoms with Crippen molar-refractivity contribution in [3.63, 3.8) is 0 Å². The second-order valence-electron chi connectivity index (χ2n) is 0.189. The van der Waals surface area contributed by atoms with Crippen LogP contribution in [0.3, 0.4) is 0 Å². The number of rotatable bonds is 0. The van der Waals surface area contributed by atoms with Crippen molar-refractivity contribution in [2.24, 2.45) is 0 Å². The number of alkyl halides is 1. The van der Waals surface area contributed by atoms with E-state index >= 15 is 0 Å². The Balaban J connectivity index is -0.0000000200. The SMILES string of the molecule is [Br-].[CH2-]CCl.[Mg+2]. The van der Waals surface area contributed by atoms with Crippen LogP contribution >= 0.6 is 11.6 Å². The minimum absolute atomic E-state index is 0. The maximum Gasteiger partial charge on any atom is 2.00 e. The molecule has 0 aromatic carbocycles. The van der Waals surface area contributed by atoms with Crippen molar-refractivity contribution in [1.82, 2.24) is 0 Å². The summed E-state index contributed by atoms with van der Waals surface area (Å²) in [6.45, 7) is 3.25. The molecule has 28 valence electrons. The molecule has 0 aromatic heterocycles. The van der Waals surface area contributed by atoms with E-state index in [1.807, 2.05) is 0 Å². The van der Waals surface area contributed by atoms with Crippen LogP contribution in [0.2, 0.25) is 0 Å². The van der Waals surface area contributed by atoms with Gasteiger partial charge in [-0.15, -0.1) is 5.88 Å². The molecule has 0 saturated heterocycles. The molecule has 0 aliphatic rings. The number of hydrogen-bond donors (Lipinski definition) is 0. The number of halogens is 2. The van der Waals surface area contributed by atoms with Crippen molar-refractivity contribution in [3.8, 4) is 0 Å². The molecule has 0 aliphatic carbocycles. The van der Waals surface area contributed by atoms with Gasteiger partial charge in [0.25, 0.3) is 0 Å². The molecule has 5 heavy (non-hydrogen) atoms. The van der Waals surface area contributed by atoms with Crippen LogP contribution in [-0.4, -0.2) is 28.9 Å². The van der Waals surface area contributed by atoms with Crippen molar-refractivity contribution >= 4 is 34.7 Å². The number of hydrogen-bond acceptors (Lipinski definition) is 0. The van der Waals surface area contributed by atoms with Gasteiger partial charge >= 0.3 is 23.1 Å². The van der Waals surface area contributed by atoms with Crippen molar-refractivity contribution in [2.45, 2.75) is 0 Å². The van der Waals surface area contributed by atoms with E-state index < -0.39 is 0 Å². The van der Waals surface area contributed by atoms with E-state index in [0.717, 1.165) is 0 Å². The molecule has 0 saturated carbocycles. The van der Waals surface area contributed by atoms with E-state index in [1.54, 1.807) is 0 Å². The van der Waals surface area contributed by atoms with Gasteiger partial charge in [0.15, 0.2) is 0 Å². The van der Waals surface area contributed by atoms with Gasteiger partial charge in [-0.05, 0) is 0 Å². The molecular formula is C2H4BrClMg. The quantitative estimate of drug-likeness (QED) is 0.216. The van der Waals surface area contributed by atoms with Gasteiger partial charge in [-0.2, -0.15) is 11.6 Å². The Kier molecular flexibility index (Phi) is 56.7. The zero-order valence-electron chi connectivity index (χ0n) is 2.88. The molecule has 0 unspecified atom stereocenters. The molecule has 0 amide bonds. The van der Waals surface area contributed by atoms with Crippen molar-refractivity contribution in [1.29, 1.82) is 0 Å². The van der Waals surface area contributed by atoms with Crippen LogP contribution in [0.25, 0.3) is 0 Å². The van der Waals surface area contributed by atoms with E-state index in [4.69, 9.17) is 11.6 Å². The fraction of sp³-hybridized carbons (Fsp3) is 0.500. The molecule has 0 fully saturated rings. The second-order valence-corrected chi connectivity index (χ2v) is 0.567. The monoisotopic (exact) mass is 166 g/mol. The van der Waals surface area contributed by atoms with Gasteiger partial charge in [0, 0.05) is 0 Å². The molecular weight excluding hydrogens is 164 g/mol. The fourth-order valence-electron chi connectivity index (χ4n) is 0. The first-order valence-electron chi connectivity index (χ1n) is 0.767. The minimum Gasteiger partial charge on any atom is -1.00 e. The molecule has 0 aliphatic heterocycles. The average Bonchev–Trinajstić information content (AvgIpc) is 0.918. The fourth-order valence-corrected chi connectivity index (χ4v) is 0. The third-order valence-electron chi connectivity index (χ3n) is 0. The summed E-state index contributed by atoms with van der Waals surface area (Å²) in [6, 6.07) is 0. The van der Waals surface area contributed by atoms with Gasteiger partial charge in [-0.25, -0.2) is 0 Å². The molecule has 0 radical (unpaired) electrons. The maximum absolute atomic E-state index is 4.89. The van der Waals surface area contributed by atoms with Gasteiger partial charge in [0.2, 0.25) is 0 Å². The summed E-state index contributed by atoms with van der Waals surface area (Å²) >= 11 is 4.89. The van der Waals surface area contributed by atoms with E-state index in [9.17, 15) is 0 Å². The van der Waals surface area contributed by atoms with Gasteiger partial charge < -0.3 is 23.9 Å². The first kappa shape index (κ1) is 16.0. The summed E-state index contributed by atoms with van der Waals surface area (Å²) in [5, 5.41) is 0. The molecule has 3 heteroatoms. The van der Waals surface area contributed by atoms with E-state index in [2.05, 4.69) is 6.92 Å².